The average Bonchev–Trinajstić information content (AvgIpc) is 3.56. The van der Waals surface area contributed by atoms with E-state index in [4.69, 9.17) is 4.98 Å². The Bertz CT molecular complexity index is 1410. The Morgan fingerprint density at radius 2 is 1.76 bits per heavy atom. The summed E-state index contributed by atoms with van der Waals surface area (Å²) in [7, 11) is 0. The molecule has 0 spiro atoms. The van der Waals surface area contributed by atoms with Crippen LogP contribution in [0.3, 0.4) is 0 Å². The van der Waals surface area contributed by atoms with E-state index in [9.17, 15) is 0 Å². The maximum atomic E-state index is 4.90. The molecule has 1 aliphatic rings. The predicted octanol–water partition coefficient (Wildman–Crippen LogP) is 3.94. The first-order valence-corrected chi connectivity index (χ1v) is 12.2. The van der Waals surface area contributed by atoms with Crippen molar-refractivity contribution in [3.8, 4) is 22.0 Å². The summed E-state index contributed by atoms with van der Waals surface area (Å²) in [6, 6.07) is 16.6. The second kappa shape index (κ2) is 8.92. The molecule has 0 unspecified atom stereocenters. The van der Waals surface area contributed by atoms with Gasteiger partial charge < -0.3 is 4.90 Å². The summed E-state index contributed by atoms with van der Waals surface area (Å²) >= 11 is 1.62. The number of hydrogen-bond acceptors (Lipinski definition) is 8. The minimum Gasteiger partial charge on any atom is -0.338 e. The van der Waals surface area contributed by atoms with E-state index in [0.717, 1.165) is 60.5 Å². The minimum atomic E-state index is 0.591. The van der Waals surface area contributed by atoms with Gasteiger partial charge in [0, 0.05) is 50.7 Å². The molecule has 0 bridgehead atoms. The van der Waals surface area contributed by atoms with Gasteiger partial charge in [-0.2, -0.15) is 4.98 Å². The SMILES string of the molecule is Cc1c(-c2ccnc(N3CCN(Cc4ccccc4)CC3)n2)cnc2nc(-c3cccs3)nn12. The van der Waals surface area contributed by atoms with E-state index < -0.39 is 0 Å². The Morgan fingerprint density at radius 1 is 0.912 bits per heavy atom. The molecule has 1 saturated heterocycles. The van der Waals surface area contributed by atoms with Crippen LogP contribution in [0.5, 0.6) is 0 Å². The standard InChI is InChI=1S/C25H24N8S/c1-18-20(16-27-25-29-23(30-33(18)25)22-8-5-15-34-22)21-9-10-26-24(28-21)32-13-11-31(12-14-32)17-19-6-3-2-4-7-19/h2-10,15-16H,11-14,17H2,1H3. The van der Waals surface area contributed by atoms with Crippen LogP contribution in [0.25, 0.3) is 27.7 Å². The van der Waals surface area contributed by atoms with Crippen molar-refractivity contribution in [1.82, 2.24) is 34.4 Å². The Balaban J connectivity index is 1.22. The van der Waals surface area contributed by atoms with E-state index in [1.54, 1.807) is 15.9 Å². The summed E-state index contributed by atoms with van der Waals surface area (Å²) < 4.78 is 1.80. The molecule has 1 fully saturated rings. The predicted molar refractivity (Wildman–Crippen MR) is 134 cm³/mol. The Kier molecular flexibility index (Phi) is 5.48. The maximum Gasteiger partial charge on any atom is 0.252 e. The van der Waals surface area contributed by atoms with Crippen LogP contribution >= 0.6 is 11.3 Å². The van der Waals surface area contributed by atoms with E-state index >= 15 is 0 Å². The lowest BCUT2D eigenvalue weighted by molar-refractivity contribution is 0.248. The molecule has 0 radical (unpaired) electrons. The highest BCUT2D eigenvalue weighted by Crippen LogP contribution is 2.26. The maximum absolute atomic E-state index is 4.90. The lowest BCUT2D eigenvalue weighted by Crippen LogP contribution is -2.46. The van der Waals surface area contributed by atoms with Crippen molar-refractivity contribution < 1.29 is 0 Å². The topological polar surface area (TPSA) is 75.3 Å². The number of rotatable bonds is 5. The summed E-state index contributed by atoms with van der Waals surface area (Å²) in [6.07, 6.45) is 3.66. The zero-order valence-electron chi connectivity index (χ0n) is 18.9. The molecular weight excluding hydrogens is 444 g/mol. The molecule has 0 N–H and O–H groups in total. The van der Waals surface area contributed by atoms with Crippen LogP contribution in [0.2, 0.25) is 0 Å². The molecule has 1 aromatic carbocycles. The van der Waals surface area contributed by atoms with Crippen LogP contribution in [0, 0.1) is 6.92 Å². The molecule has 1 aliphatic heterocycles. The molecule has 8 nitrogen and oxygen atoms in total. The zero-order valence-corrected chi connectivity index (χ0v) is 19.7. The van der Waals surface area contributed by atoms with Gasteiger partial charge in [-0.25, -0.2) is 19.5 Å². The highest BCUT2D eigenvalue weighted by Gasteiger charge is 2.20. The van der Waals surface area contributed by atoms with E-state index in [1.165, 1.54) is 5.56 Å². The number of thiophene rings is 1. The second-order valence-corrected chi connectivity index (χ2v) is 9.32. The summed E-state index contributed by atoms with van der Waals surface area (Å²) in [6.45, 7) is 6.78. The number of nitrogens with zero attached hydrogens (tertiary/aromatic N) is 8. The number of piperazine rings is 1. The summed E-state index contributed by atoms with van der Waals surface area (Å²) in [5.41, 5.74) is 4.08. The normalized spacial score (nSPS) is 14.7. The number of anilines is 1. The van der Waals surface area contributed by atoms with Crippen LogP contribution in [0.4, 0.5) is 5.95 Å². The first-order chi connectivity index (χ1) is 16.7. The van der Waals surface area contributed by atoms with Gasteiger partial charge in [-0.1, -0.05) is 36.4 Å². The molecule has 170 valence electrons. The third-order valence-corrected chi connectivity index (χ3v) is 7.04. The third kappa shape index (κ3) is 4.04. The molecule has 0 atom stereocenters. The fourth-order valence-electron chi connectivity index (χ4n) is 4.30. The molecule has 0 amide bonds. The second-order valence-electron chi connectivity index (χ2n) is 8.37. The van der Waals surface area contributed by atoms with Gasteiger partial charge in [0.05, 0.1) is 16.3 Å². The molecule has 6 rings (SSSR count). The summed E-state index contributed by atoms with van der Waals surface area (Å²) in [4.78, 5) is 24.4. The average molecular weight is 469 g/mol. The van der Waals surface area contributed by atoms with Crippen LogP contribution in [0.15, 0.2) is 66.3 Å². The highest BCUT2D eigenvalue weighted by molar-refractivity contribution is 7.13. The molecule has 5 aromatic rings. The largest absolute Gasteiger partial charge is 0.338 e. The number of fused-ring (bicyclic) bond motifs is 1. The van der Waals surface area contributed by atoms with Gasteiger partial charge in [0.15, 0.2) is 5.82 Å². The number of benzene rings is 1. The number of aryl methyl sites for hydroxylation is 1. The van der Waals surface area contributed by atoms with Crippen molar-refractivity contribution in [2.75, 3.05) is 31.1 Å². The fourth-order valence-corrected chi connectivity index (χ4v) is 4.96. The molecule has 0 aliphatic carbocycles. The van der Waals surface area contributed by atoms with Crippen LogP contribution in [0.1, 0.15) is 11.3 Å². The van der Waals surface area contributed by atoms with Gasteiger partial charge in [-0.3, -0.25) is 4.90 Å². The molecule has 4 aromatic heterocycles. The van der Waals surface area contributed by atoms with Crippen molar-refractivity contribution in [3.05, 3.63) is 77.6 Å². The van der Waals surface area contributed by atoms with Gasteiger partial charge >= 0.3 is 0 Å². The fraction of sp³-hybridized carbons (Fsp3) is 0.240. The molecule has 9 heteroatoms. The molecule has 34 heavy (non-hydrogen) atoms. The number of aromatic nitrogens is 6. The van der Waals surface area contributed by atoms with Crippen molar-refractivity contribution in [2.24, 2.45) is 0 Å². The Hall–Kier alpha value is -3.69. The van der Waals surface area contributed by atoms with Gasteiger partial charge in [-0.05, 0) is 30.0 Å². The van der Waals surface area contributed by atoms with Crippen molar-refractivity contribution in [1.29, 1.82) is 0 Å². The highest BCUT2D eigenvalue weighted by atomic mass is 32.1. The molecule has 0 saturated carbocycles. The minimum absolute atomic E-state index is 0.591. The first-order valence-electron chi connectivity index (χ1n) is 11.4. The summed E-state index contributed by atoms with van der Waals surface area (Å²) in [5, 5.41) is 6.71. The quantitative estimate of drug-likeness (QED) is 0.387. The van der Waals surface area contributed by atoms with E-state index in [0.29, 0.717) is 11.6 Å². The van der Waals surface area contributed by atoms with Crippen LogP contribution in [-0.2, 0) is 6.54 Å². The van der Waals surface area contributed by atoms with E-state index in [2.05, 4.69) is 60.2 Å². The zero-order chi connectivity index (χ0) is 22.9. The van der Waals surface area contributed by atoms with Crippen molar-refractivity contribution in [3.63, 3.8) is 0 Å². The lowest BCUT2D eigenvalue weighted by atomic mass is 10.2. The van der Waals surface area contributed by atoms with Crippen molar-refractivity contribution >= 4 is 23.1 Å². The molecule has 5 heterocycles. The van der Waals surface area contributed by atoms with E-state index in [-0.39, 0.29) is 0 Å². The monoisotopic (exact) mass is 468 g/mol. The Morgan fingerprint density at radius 3 is 2.56 bits per heavy atom. The van der Waals surface area contributed by atoms with Gasteiger partial charge in [0.1, 0.15) is 0 Å². The Labute approximate surface area is 201 Å². The summed E-state index contributed by atoms with van der Waals surface area (Å²) in [5.74, 6) is 2.04. The van der Waals surface area contributed by atoms with Gasteiger partial charge in [0.2, 0.25) is 5.95 Å². The van der Waals surface area contributed by atoms with Crippen LogP contribution < -0.4 is 4.90 Å². The van der Waals surface area contributed by atoms with Crippen LogP contribution in [-0.4, -0.2) is 60.6 Å². The van der Waals surface area contributed by atoms with Gasteiger partial charge in [-0.15, -0.1) is 16.4 Å². The first kappa shape index (κ1) is 20.9. The smallest absolute Gasteiger partial charge is 0.252 e. The van der Waals surface area contributed by atoms with E-state index in [1.807, 2.05) is 42.9 Å². The number of hydrogen-bond donors (Lipinski definition) is 0. The lowest BCUT2D eigenvalue weighted by Gasteiger charge is -2.34. The van der Waals surface area contributed by atoms with Gasteiger partial charge in [0.25, 0.3) is 5.78 Å². The molecular formula is C25H24N8S. The van der Waals surface area contributed by atoms with Crippen molar-refractivity contribution in [2.45, 2.75) is 13.5 Å². The third-order valence-electron chi connectivity index (χ3n) is 6.17.